The highest BCUT2D eigenvalue weighted by Gasteiger charge is 2.22. The number of aromatic nitrogens is 1. The van der Waals surface area contributed by atoms with Gasteiger partial charge in [-0.2, -0.15) is 0 Å². The molecule has 0 spiro atoms. The lowest BCUT2D eigenvalue weighted by Gasteiger charge is -2.06. The van der Waals surface area contributed by atoms with Crippen molar-refractivity contribution in [2.75, 3.05) is 0 Å². The first-order valence-electron chi connectivity index (χ1n) is 6.83. The molecule has 6 heteroatoms. The minimum Gasteiger partial charge on any atom is -0.506 e. The number of furan rings is 1. The van der Waals surface area contributed by atoms with Crippen LogP contribution in [0.15, 0.2) is 57.9 Å². The Morgan fingerprint density at radius 2 is 1.87 bits per heavy atom. The van der Waals surface area contributed by atoms with Crippen LogP contribution >= 0.6 is 22.9 Å². The molecule has 0 unspecified atom stereocenters. The van der Waals surface area contributed by atoms with Gasteiger partial charge in [-0.25, -0.2) is 0 Å². The average Bonchev–Trinajstić information content (AvgIpc) is 3.15. The number of hydrogen-bond donors (Lipinski definition) is 2. The van der Waals surface area contributed by atoms with Crippen LogP contribution < -0.4 is 5.56 Å². The summed E-state index contributed by atoms with van der Waals surface area (Å²) in [6.45, 7) is 0. The number of aromatic amines is 1. The van der Waals surface area contributed by atoms with E-state index in [2.05, 4.69) is 4.98 Å². The Balaban J connectivity index is 2.12. The molecule has 0 fully saturated rings. The zero-order valence-corrected chi connectivity index (χ0v) is 13.2. The van der Waals surface area contributed by atoms with Gasteiger partial charge in [0.2, 0.25) is 0 Å². The molecule has 3 aromatic heterocycles. The maximum atomic E-state index is 12.4. The molecule has 0 saturated heterocycles. The highest BCUT2D eigenvalue weighted by atomic mass is 35.5. The summed E-state index contributed by atoms with van der Waals surface area (Å²) in [7, 11) is 0. The lowest BCUT2D eigenvalue weighted by atomic mass is 10.0. The van der Waals surface area contributed by atoms with Crippen molar-refractivity contribution >= 4 is 33.2 Å². The van der Waals surface area contributed by atoms with Gasteiger partial charge in [0, 0.05) is 0 Å². The molecule has 1 aromatic carbocycles. The topological polar surface area (TPSA) is 66.2 Å². The molecule has 4 rings (SSSR count). The molecular weight excluding hydrogens is 334 g/mol. The minimum atomic E-state index is -0.356. The Labute approximate surface area is 139 Å². The quantitative estimate of drug-likeness (QED) is 0.545. The molecule has 0 aliphatic rings. The van der Waals surface area contributed by atoms with Gasteiger partial charge in [-0.05, 0) is 17.7 Å². The molecule has 3 heterocycles. The maximum Gasteiger partial charge on any atom is 0.260 e. The Kier molecular flexibility index (Phi) is 3.25. The van der Waals surface area contributed by atoms with Crippen LogP contribution in [0.25, 0.3) is 32.7 Å². The summed E-state index contributed by atoms with van der Waals surface area (Å²) < 4.78 is 5.87. The molecule has 0 saturated carbocycles. The van der Waals surface area contributed by atoms with E-state index >= 15 is 0 Å². The molecule has 4 nitrogen and oxygen atoms in total. The van der Waals surface area contributed by atoms with Gasteiger partial charge in [0.05, 0.1) is 22.8 Å². The molecule has 2 N–H and O–H groups in total. The second kappa shape index (κ2) is 5.30. The van der Waals surface area contributed by atoms with E-state index in [0.717, 1.165) is 0 Å². The third kappa shape index (κ3) is 2.17. The van der Waals surface area contributed by atoms with Gasteiger partial charge >= 0.3 is 0 Å². The summed E-state index contributed by atoms with van der Waals surface area (Å²) in [6, 6.07) is 12.5. The summed E-state index contributed by atoms with van der Waals surface area (Å²) in [4.78, 5) is 15.7. The van der Waals surface area contributed by atoms with E-state index in [1.807, 2.05) is 18.2 Å². The number of halogens is 1. The van der Waals surface area contributed by atoms with Gasteiger partial charge in [0.1, 0.15) is 20.7 Å². The highest BCUT2D eigenvalue weighted by Crippen LogP contribution is 2.46. The van der Waals surface area contributed by atoms with E-state index in [9.17, 15) is 9.90 Å². The van der Waals surface area contributed by atoms with Crippen LogP contribution in [0.5, 0.6) is 5.75 Å². The zero-order valence-electron chi connectivity index (χ0n) is 11.7. The van der Waals surface area contributed by atoms with Crippen molar-refractivity contribution in [1.29, 1.82) is 0 Å². The van der Waals surface area contributed by atoms with Crippen molar-refractivity contribution in [3.63, 3.8) is 0 Å². The van der Waals surface area contributed by atoms with Crippen LogP contribution in [-0.4, -0.2) is 10.1 Å². The second-order valence-electron chi connectivity index (χ2n) is 4.98. The van der Waals surface area contributed by atoms with Crippen molar-refractivity contribution < 1.29 is 9.52 Å². The van der Waals surface area contributed by atoms with Crippen LogP contribution in [0.4, 0.5) is 0 Å². The number of rotatable bonds is 2. The number of fused-ring (bicyclic) bond motifs is 1. The standard InChI is InChI=1S/C17H10ClNO3S/c18-15-12(10-7-4-8-22-10)13-14(20)11(9-5-2-1-3-6-9)16(21)19-17(13)23-15/h1-8H,(H2,19,20,21). The summed E-state index contributed by atoms with van der Waals surface area (Å²) in [5, 5.41) is 11.3. The first-order chi connectivity index (χ1) is 11.2. The lowest BCUT2D eigenvalue weighted by Crippen LogP contribution is -2.08. The third-order valence-electron chi connectivity index (χ3n) is 3.62. The van der Waals surface area contributed by atoms with Crippen molar-refractivity contribution in [2.24, 2.45) is 0 Å². The maximum absolute atomic E-state index is 12.4. The van der Waals surface area contributed by atoms with Crippen LogP contribution in [0.1, 0.15) is 0 Å². The van der Waals surface area contributed by atoms with Gasteiger partial charge in [0.25, 0.3) is 5.56 Å². The van der Waals surface area contributed by atoms with Gasteiger partial charge in [-0.1, -0.05) is 41.9 Å². The van der Waals surface area contributed by atoms with E-state index < -0.39 is 0 Å². The van der Waals surface area contributed by atoms with Crippen LogP contribution in [0, 0.1) is 0 Å². The fraction of sp³-hybridized carbons (Fsp3) is 0. The van der Waals surface area contributed by atoms with Gasteiger partial charge in [-0.3, -0.25) is 4.79 Å². The molecule has 0 radical (unpaired) electrons. The number of aromatic hydroxyl groups is 1. The Bertz CT molecular complexity index is 1050. The Hall–Kier alpha value is -2.50. The van der Waals surface area contributed by atoms with E-state index in [4.69, 9.17) is 16.0 Å². The zero-order chi connectivity index (χ0) is 16.0. The Morgan fingerprint density at radius 3 is 2.57 bits per heavy atom. The van der Waals surface area contributed by atoms with Crippen molar-refractivity contribution in [3.8, 4) is 28.2 Å². The molecule has 114 valence electrons. The molecule has 0 atom stereocenters. The van der Waals surface area contributed by atoms with Crippen LogP contribution in [0.2, 0.25) is 4.34 Å². The monoisotopic (exact) mass is 343 g/mol. The minimum absolute atomic E-state index is 0.0931. The number of hydrogen-bond acceptors (Lipinski definition) is 4. The fourth-order valence-corrected chi connectivity index (χ4v) is 3.98. The summed E-state index contributed by atoms with van der Waals surface area (Å²) in [5.74, 6) is 0.451. The van der Waals surface area contributed by atoms with E-state index in [0.29, 0.717) is 31.4 Å². The smallest absolute Gasteiger partial charge is 0.260 e. The predicted molar refractivity (Wildman–Crippen MR) is 92.3 cm³/mol. The van der Waals surface area contributed by atoms with Crippen LogP contribution in [0.3, 0.4) is 0 Å². The average molecular weight is 344 g/mol. The number of thiophene rings is 1. The van der Waals surface area contributed by atoms with Crippen molar-refractivity contribution in [3.05, 3.63) is 63.4 Å². The first-order valence-corrected chi connectivity index (χ1v) is 8.03. The first kappa shape index (κ1) is 14.1. The number of H-pyrrole nitrogens is 1. The summed E-state index contributed by atoms with van der Waals surface area (Å²) in [6.07, 6.45) is 1.54. The number of nitrogens with one attached hydrogen (secondary N) is 1. The van der Waals surface area contributed by atoms with E-state index in [1.165, 1.54) is 17.6 Å². The molecular formula is C17H10ClNO3S. The lowest BCUT2D eigenvalue weighted by molar-refractivity contribution is 0.482. The molecule has 4 aromatic rings. The predicted octanol–water partition coefficient (Wildman–Crippen LogP) is 4.88. The molecule has 0 aliphatic heterocycles. The second-order valence-corrected chi connectivity index (χ2v) is 6.60. The van der Waals surface area contributed by atoms with Gasteiger partial charge in [0.15, 0.2) is 0 Å². The SMILES string of the molecule is O=c1[nH]c2sc(Cl)c(-c3ccco3)c2c(O)c1-c1ccccc1. The molecule has 0 amide bonds. The molecule has 0 aliphatic carbocycles. The van der Waals surface area contributed by atoms with Crippen LogP contribution in [-0.2, 0) is 0 Å². The van der Waals surface area contributed by atoms with Gasteiger partial charge < -0.3 is 14.5 Å². The Morgan fingerprint density at radius 1 is 1.09 bits per heavy atom. The fourth-order valence-electron chi connectivity index (χ4n) is 2.63. The van der Waals surface area contributed by atoms with Crippen molar-refractivity contribution in [2.45, 2.75) is 0 Å². The van der Waals surface area contributed by atoms with Crippen molar-refractivity contribution in [1.82, 2.24) is 4.98 Å². The highest BCUT2D eigenvalue weighted by molar-refractivity contribution is 7.23. The normalized spacial score (nSPS) is 11.2. The van der Waals surface area contributed by atoms with E-state index in [-0.39, 0.29) is 16.9 Å². The van der Waals surface area contributed by atoms with Gasteiger partial charge in [-0.15, -0.1) is 11.3 Å². The summed E-state index contributed by atoms with van der Waals surface area (Å²) >= 11 is 7.51. The molecule has 0 bridgehead atoms. The van der Waals surface area contributed by atoms with E-state index in [1.54, 1.807) is 24.3 Å². The number of pyridine rings is 1. The third-order valence-corrected chi connectivity index (χ3v) is 4.94. The largest absolute Gasteiger partial charge is 0.506 e. The number of benzene rings is 1. The molecule has 23 heavy (non-hydrogen) atoms. The summed E-state index contributed by atoms with van der Waals surface area (Å²) in [5.41, 5.74) is 1.09.